The van der Waals surface area contributed by atoms with Crippen LogP contribution >= 0.6 is 0 Å². The fourth-order valence-corrected chi connectivity index (χ4v) is 1.69. The third-order valence-electron chi connectivity index (χ3n) is 2.67. The van der Waals surface area contributed by atoms with Crippen LogP contribution in [0.1, 0.15) is 19.1 Å². The zero-order valence-electron chi connectivity index (χ0n) is 11.1. The van der Waals surface area contributed by atoms with Crippen molar-refractivity contribution in [2.24, 2.45) is 5.10 Å². The van der Waals surface area contributed by atoms with Crippen molar-refractivity contribution in [2.45, 2.75) is 13.3 Å². The molecule has 102 valence electrons. The first kappa shape index (κ1) is 13.6. The minimum atomic E-state index is -0.458. The number of nitriles is 1. The van der Waals surface area contributed by atoms with Gasteiger partial charge in [-0.1, -0.05) is 12.1 Å². The number of amides is 1. The van der Waals surface area contributed by atoms with Gasteiger partial charge in [-0.05, 0) is 19.1 Å². The summed E-state index contributed by atoms with van der Waals surface area (Å²) in [5.41, 5.74) is 3.43. The van der Waals surface area contributed by atoms with Crippen molar-refractivity contribution < 1.29 is 13.9 Å². The molecule has 1 amide bonds. The molecule has 0 spiro atoms. The Balaban J connectivity index is 2.27. The van der Waals surface area contributed by atoms with E-state index < -0.39 is 5.91 Å². The van der Waals surface area contributed by atoms with Crippen LogP contribution in [-0.4, -0.2) is 18.7 Å². The molecule has 0 radical (unpaired) electrons. The lowest BCUT2D eigenvalue weighted by Crippen LogP contribution is -2.18. The molecule has 2 aromatic rings. The Kier molecular flexibility index (Phi) is 4.01. The molecule has 0 aliphatic rings. The number of ether oxygens (including phenoxy) is 1. The van der Waals surface area contributed by atoms with Crippen LogP contribution in [0.3, 0.4) is 0 Å². The molecule has 1 aromatic carbocycles. The molecule has 6 heteroatoms. The zero-order valence-corrected chi connectivity index (χ0v) is 11.1. The minimum Gasteiger partial charge on any atom is -0.493 e. The second-order valence-corrected chi connectivity index (χ2v) is 4.06. The lowest BCUT2D eigenvalue weighted by molar-refractivity contribution is -0.120. The number of carbonyl (C=O) groups excluding carboxylic acids is 1. The van der Waals surface area contributed by atoms with Crippen LogP contribution in [0.25, 0.3) is 11.0 Å². The van der Waals surface area contributed by atoms with Crippen molar-refractivity contribution in [3.63, 3.8) is 0 Å². The number of hydrazone groups is 1. The van der Waals surface area contributed by atoms with Crippen molar-refractivity contribution in [1.82, 2.24) is 5.43 Å². The van der Waals surface area contributed by atoms with Crippen molar-refractivity contribution in [2.75, 3.05) is 7.11 Å². The molecule has 0 atom stereocenters. The molecule has 1 aromatic heterocycles. The van der Waals surface area contributed by atoms with E-state index in [2.05, 4.69) is 10.5 Å². The van der Waals surface area contributed by atoms with Gasteiger partial charge in [0, 0.05) is 5.39 Å². The van der Waals surface area contributed by atoms with E-state index in [0.29, 0.717) is 22.8 Å². The molecule has 0 saturated heterocycles. The van der Waals surface area contributed by atoms with Gasteiger partial charge in [-0.3, -0.25) is 4.79 Å². The number of hydrogen-bond acceptors (Lipinski definition) is 5. The topological polar surface area (TPSA) is 87.6 Å². The normalized spacial score (nSPS) is 11.2. The largest absolute Gasteiger partial charge is 0.493 e. The molecular weight excluding hydrogens is 258 g/mol. The second kappa shape index (κ2) is 5.89. The maximum Gasteiger partial charge on any atom is 0.254 e. The highest BCUT2D eigenvalue weighted by molar-refractivity contribution is 6.01. The van der Waals surface area contributed by atoms with Gasteiger partial charge in [-0.25, -0.2) is 5.43 Å². The lowest BCUT2D eigenvalue weighted by Gasteiger charge is -1.99. The molecule has 0 bridgehead atoms. The summed E-state index contributed by atoms with van der Waals surface area (Å²) in [5.74, 6) is 0.706. The fraction of sp³-hybridized carbons (Fsp3) is 0.214. The van der Waals surface area contributed by atoms with Crippen molar-refractivity contribution in [3.8, 4) is 11.8 Å². The van der Waals surface area contributed by atoms with Gasteiger partial charge in [0.2, 0.25) is 0 Å². The second-order valence-electron chi connectivity index (χ2n) is 4.06. The quantitative estimate of drug-likeness (QED) is 0.682. The Morgan fingerprint density at radius 3 is 3.05 bits per heavy atom. The minimum absolute atomic E-state index is 0.231. The van der Waals surface area contributed by atoms with Crippen LogP contribution in [0.2, 0.25) is 0 Å². The fourth-order valence-electron chi connectivity index (χ4n) is 1.69. The lowest BCUT2D eigenvalue weighted by atomic mass is 10.2. The molecule has 20 heavy (non-hydrogen) atoms. The first-order valence-corrected chi connectivity index (χ1v) is 5.92. The summed E-state index contributed by atoms with van der Waals surface area (Å²) in [6.45, 7) is 1.71. The maximum atomic E-state index is 11.2. The first-order valence-electron chi connectivity index (χ1n) is 5.92. The van der Waals surface area contributed by atoms with Gasteiger partial charge in [0.25, 0.3) is 5.91 Å². The van der Waals surface area contributed by atoms with Crippen LogP contribution in [0.15, 0.2) is 33.8 Å². The Morgan fingerprint density at radius 2 is 2.35 bits per heavy atom. The van der Waals surface area contributed by atoms with E-state index in [1.165, 1.54) is 0 Å². The van der Waals surface area contributed by atoms with E-state index in [1.54, 1.807) is 26.2 Å². The summed E-state index contributed by atoms with van der Waals surface area (Å²) < 4.78 is 10.9. The molecule has 0 fully saturated rings. The Labute approximate surface area is 115 Å². The van der Waals surface area contributed by atoms with Gasteiger partial charge in [0.15, 0.2) is 17.1 Å². The summed E-state index contributed by atoms with van der Waals surface area (Å²) in [6, 6.07) is 9.12. The summed E-state index contributed by atoms with van der Waals surface area (Å²) in [5, 5.41) is 13.2. The molecule has 6 nitrogen and oxygen atoms in total. The molecule has 2 rings (SSSR count). The van der Waals surface area contributed by atoms with Gasteiger partial charge in [-0.2, -0.15) is 10.4 Å². The Morgan fingerprint density at radius 1 is 1.55 bits per heavy atom. The van der Waals surface area contributed by atoms with E-state index in [0.717, 1.165) is 5.39 Å². The van der Waals surface area contributed by atoms with Crippen molar-refractivity contribution in [1.29, 1.82) is 5.26 Å². The van der Waals surface area contributed by atoms with Crippen LogP contribution in [0.4, 0.5) is 0 Å². The van der Waals surface area contributed by atoms with Gasteiger partial charge in [-0.15, -0.1) is 0 Å². The number of hydrogen-bond donors (Lipinski definition) is 1. The SMILES string of the molecule is COc1cccc2cc(/C(C)=N/NC(=O)CC#N)oc12. The maximum absolute atomic E-state index is 11.2. The monoisotopic (exact) mass is 271 g/mol. The van der Waals surface area contributed by atoms with Crippen LogP contribution in [0, 0.1) is 11.3 Å². The predicted octanol–water partition coefficient (Wildman–Crippen LogP) is 2.20. The Hall–Kier alpha value is -2.81. The van der Waals surface area contributed by atoms with Crippen molar-refractivity contribution >= 4 is 22.6 Å². The molecule has 0 aliphatic heterocycles. The highest BCUT2D eigenvalue weighted by Crippen LogP contribution is 2.28. The van der Waals surface area contributed by atoms with E-state index in [-0.39, 0.29) is 6.42 Å². The smallest absolute Gasteiger partial charge is 0.254 e. The molecular formula is C14H13N3O3. The average Bonchev–Trinajstić information content (AvgIpc) is 2.89. The number of para-hydroxylation sites is 1. The number of rotatable bonds is 4. The van der Waals surface area contributed by atoms with Gasteiger partial charge in [0.1, 0.15) is 12.1 Å². The van der Waals surface area contributed by atoms with E-state index >= 15 is 0 Å². The van der Waals surface area contributed by atoms with E-state index in [4.69, 9.17) is 14.4 Å². The number of nitrogens with zero attached hydrogens (tertiary/aromatic N) is 2. The molecule has 0 saturated carbocycles. The number of fused-ring (bicyclic) bond motifs is 1. The Bertz CT molecular complexity index is 710. The third-order valence-corrected chi connectivity index (χ3v) is 2.67. The molecule has 0 unspecified atom stereocenters. The van der Waals surface area contributed by atoms with Gasteiger partial charge < -0.3 is 9.15 Å². The van der Waals surface area contributed by atoms with E-state index in [1.807, 2.05) is 18.2 Å². The summed E-state index contributed by atoms with van der Waals surface area (Å²) in [6.07, 6.45) is -0.231. The van der Waals surface area contributed by atoms with Gasteiger partial charge >= 0.3 is 0 Å². The number of carbonyl (C=O) groups is 1. The van der Waals surface area contributed by atoms with Crippen LogP contribution in [-0.2, 0) is 4.79 Å². The molecule has 0 aliphatic carbocycles. The summed E-state index contributed by atoms with van der Waals surface area (Å²) in [4.78, 5) is 11.2. The number of furan rings is 1. The van der Waals surface area contributed by atoms with Crippen LogP contribution < -0.4 is 10.2 Å². The highest BCUT2D eigenvalue weighted by atomic mass is 16.5. The van der Waals surface area contributed by atoms with E-state index in [9.17, 15) is 4.79 Å². The number of benzene rings is 1. The molecule has 1 N–H and O–H groups in total. The number of methoxy groups -OCH3 is 1. The van der Waals surface area contributed by atoms with Crippen LogP contribution in [0.5, 0.6) is 5.75 Å². The summed E-state index contributed by atoms with van der Waals surface area (Å²) >= 11 is 0. The molecule has 1 heterocycles. The zero-order chi connectivity index (χ0) is 14.5. The third kappa shape index (κ3) is 2.78. The highest BCUT2D eigenvalue weighted by Gasteiger charge is 2.10. The average molecular weight is 271 g/mol. The summed E-state index contributed by atoms with van der Waals surface area (Å²) in [7, 11) is 1.57. The van der Waals surface area contributed by atoms with Gasteiger partial charge in [0.05, 0.1) is 13.2 Å². The standard InChI is InChI=1S/C14H13N3O3/c1-9(16-17-13(18)6-7-15)12-8-10-4-3-5-11(19-2)14(10)20-12/h3-5,8H,6H2,1-2H3,(H,17,18)/b16-9+. The first-order chi connectivity index (χ1) is 9.65. The number of nitrogens with one attached hydrogen (secondary N) is 1. The predicted molar refractivity (Wildman–Crippen MR) is 73.3 cm³/mol. The van der Waals surface area contributed by atoms with Crippen molar-refractivity contribution in [3.05, 3.63) is 30.0 Å².